The first-order chi connectivity index (χ1) is 9.73. The molecule has 0 aliphatic rings. The number of ketones is 1. The van der Waals surface area contributed by atoms with Gasteiger partial charge < -0.3 is 15.3 Å². The molecule has 0 saturated heterocycles. The topological polar surface area (TPSA) is 69.6 Å². The normalized spacial score (nSPS) is 11.1. The average molecular weight is 304 g/mol. The van der Waals surface area contributed by atoms with Gasteiger partial charge in [0.2, 0.25) is 0 Å². The van der Waals surface area contributed by atoms with Crippen LogP contribution in [0.2, 0.25) is 0 Å². The van der Waals surface area contributed by atoms with Crippen molar-refractivity contribution in [2.75, 3.05) is 25.0 Å². The number of aliphatic hydroxyl groups is 1. The molecule has 0 saturated carbocycles. The Kier molecular flexibility index (Phi) is 5.71. The van der Waals surface area contributed by atoms with Gasteiger partial charge in [-0.15, -0.1) is 0 Å². The maximum Gasteiger partial charge on any atom is 0.406 e. The molecule has 0 atom stereocenters. The second-order valence-electron chi connectivity index (χ2n) is 4.32. The van der Waals surface area contributed by atoms with Crippen LogP contribution in [0.4, 0.5) is 23.7 Å². The van der Waals surface area contributed by atoms with E-state index in [0.29, 0.717) is 10.5 Å². The number of benzene rings is 1. The molecular formula is C13H15F3N2O3. The molecule has 5 nitrogen and oxygen atoms in total. The smallest absolute Gasteiger partial charge is 0.395 e. The fraction of sp³-hybridized carbons (Fsp3) is 0.385. The molecule has 21 heavy (non-hydrogen) atoms. The van der Waals surface area contributed by atoms with E-state index in [1.807, 2.05) is 0 Å². The lowest BCUT2D eigenvalue weighted by Crippen LogP contribution is -2.43. The summed E-state index contributed by atoms with van der Waals surface area (Å²) in [6.45, 7) is -1.09. The van der Waals surface area contributed by atoms with Crippen LogP contribution >= 0.6 is 0 Å². The molecule has 2 amide bonds. The van der Waals surface area contributed by atoms with Crippen molar-refractivity contribution in [3.05, 3.63) is 29.8 Å². The van der Waals surface area contributed by atoms with Crippen LogP contribution in [0.1, 0.15) is 17.3 Å². The van der Waals surface area contributed by atoms with E-state index in [9.17, 15) is 22.8 Å². The number of nitrogens with zero attached hydrogens (tertiary/aromatic N) is 1. The third kappa shape index (κ3) is 5.82. The minimum absolute atomic E-state index is 0.160. The van der Waals surface area contributed by atoms with Crippen LogP contribution in [0.15, 0.2) is 24.3 Å². The van der Waals surface area contributed by atoms with E-state index in [4.69, 9.17) is 5.11 Å². The summed E-state index contributed by atoms with van der Waals surface area (Å²) >= 11 is 0. The molecule has 0 unspecified atom stereocenters. The maximum atomic E-state index is 12.3. The van der Waals surface area contributed by atoms with E-state index >= 15 is 0 Å². The highest BCUT2D eigenvalue weighted by molar-refractivity contribution is 5.95. The number of nitrogens with one attached hydrogen (secondary N) is 1. The molecule has 0 aliphatic heterocycles. The van der Waals surface area contributed by atoms with E-state index < -0.39 is 31.9 Å². The Morgan fingerprint density at radius 2 is 1.81 bits per heavy atom. The largest absolute Gasteiger partial charge is 0.406 e. The number of hydrogen-bond acceptors (Lipinski definition) is 3. The summed E-state index contributed by atoms with van der Waals surface area (Å²) < 4.78 is 37.0. The van der Waals surface area contributed by atoms with Crippen molar-refractivity contribution in [1.29, 1.82) is 0 Å². The quantitative estimate of drug-likeness (QED) is 0.820. The molecule has 116 valence electrons. The molecule has 8 heteroatoms. The van der Waals surface area contributed by atoms with Crippen molar-refractivity contribution < 1.29 is 27.9 Å². The van der Waals surface area contributed by atoms with Crippen molar-refractivity contribution in [3.63, 3.8) is 0 Å². The molecule has 2 N–H and O–H groups in total. The van der Waals surface area contributed by atoms with E-state index in [-0.39, 0.29) is 11.5 Å². The second kappa shape index (κ2) is 7.07. The molecule has 0 heterocycles. The first-order valence-electron chi connectivity index (χ1n) is 6.07. The predicted molar refractivity (Wildman–Crippen MR) is 70.2 cm³/mol. The van der Waals surface area contributed by atoms with Gasteiger partial charge >= 0.3 is 12.2 Å². The first kappa shape index (κ1) is 17.0. The van der Waals surface area contributed by atoms with Crippen molar-refractivity contribution in [2.45, 2.75) is 13.1 Å². The highest BCUT2D eigenvalue weighted by atomic mass is 19.4. The molecular weight excluding hydrogens is 289 g/mol. The number of carbonyl (C=O) groups is 2. The van der Waals surface area contributed by atoms with Crippen LogP contribution in [-0.2, 0) is 0 Å². The predicted octanol–water partition coefficient (Wildman–Crippen LogP) is 2.28. The van der Waals surface area contributed by atoms with Gasteiger partial charge in [0, 0.05) is 17.8 Å². The van der Waals surface area contributed by atoms with Gasteiger partial charge in [0.1, 0.15) is 6.54 Å². The highest BCUT2D eigenvalue weighted by Crippen LogP contribution is 2.17. The lowest BCUT2D eigenvalue weighted by molar-refractivity contribution is -0.140. The number of aliphatic hydroxyl groups excluding tert-OH is 1. The van der Waals surface area contributed by atoms with E-state index in [2.05, 4.69) is 5.32 Å². The van der Waals surface area contributed by atoms with Gasteiger partial charge in [0.25, 0.3) is 0 Å². The monoisotopic (exact) mass is 304 g/mol. The number of urea groups is 1. The Labute approximate surface area is 119 Å². The van der Waals surface area contributed by atoms with Crippen LogP contribution in [-0.4, -0.2) is 47.7 Å². The van der Waals surface area contributed by atoms with E-state index in [1.54, 1.807) is 0 Å². The lowest BCUT2D eigenvalue weighted by atomic mass is 10.1. The number of hydrogen-bond donors (Lipinski definition) is 2. The Bertz CT molecular complexity index is 500. The van der Waals surface area contributed by atoms with Crippen molar-refractivity contribution in [2.24, 2.45) is 0 Å². The SMILES string of the molecule is CC(=O)c1ccc(NC(=O)N(CCO)CC(F)(F)F)cc1. The third-order valence-electron chi connectivity index (χ3n) is 2.57. The van der Waals surface area contributed by atoms with Crippen LogP contribution in [0.3, 0.4) is 0 Å². The fourth-order valence-corrected chi connectivity index (χ4v) is 1.58. The lowest BCUT2D eigenvalue weighted by Gasteiger charge is -2.23. The van der Waals surface area contributed by atoms with Crippen LogP contribution in [0, 0.1) is 0 Å². The number of Topliss-reactive ketones (excluding diaryl/α,β-unsaturated/α-hetero) is 1. The molecule has 0 radical (unpaired) electrons. The van der Waals surface area contributed by atoms with Crippen molar-refractivity contribution in [1.82, 2.24) is 4.90 Å². The average Bonchev–Trinajstić information content (AvgIpc) is 2.37. The van der Waals surface area contributed by atoms with Gasteiger partial charge in [0.05, 0.1) is 6.61 Å². The Morgan fingerprint density at radius 1 is 1.24 bits per heavy atom. The zero-order valence-electron chi connectivity index (χ0n) is 11.3. The number of alkyl halides is 3. The molecule has 0 fully saturated rings. The summed E-state index contributed by atoms with van der Waals surface area (Å²) in [5.41, 5.74) is 0.686. The maximum absolute atomic E-state index is 12.3. The summed E-state index contributed by atoms with van der Waals surface area (Å²) in [4.78, 5) is 23.3. The van der Waals surface area contributed by atoms with Crippen molar-refractivity contribution in [3.8, 4) is 0 Å². The zero-order chi connectivity index (χ0) is 16.0. The molecule has 1 rings (SSSR count). The Morgan fingerprint density at radius 3 is 2.24 bits per heavy atom. The number of rotatable bonds is 5. The highest BCUT2D eigenvalue weighted by Gasteiger charge is 2.32. The van der Waals surface area contributed by atoms with Gasteiger partial charge in [-0.1, -0.05) is 0 Å². The van der Waals surface area contributed by atoms with Crippen LogP contribution < -0.4 is 5.32 Å². The molecule has 0 bridgehead atoms. The molecule has 1 aromatic rings. The first-order valence-corrected chi connectivity index (χ1v) is 6.07. The minimum atomic E-state index is -4.55. The van der Waals surface area contributed by atoms with Gasteiger partial charge in [-0.2, -0.15) is 13.2 Å². The summed E-state index contributed by atoms with van der Waals surface area (Å²) in [5, 5.41) is 11.0. The third-order valence-corrected chi connectivity index (χ3v) is 2.57. The van der Waals surface area contributed by atoms with E-state index in [0.717, 1.165) is 0 Å². The number of amides is 2. The Balaban J connectivity index is 2.74. The second-order valence-corrected chi connectivity index (χ2v) is 4.32. The van der Waals surface area contributed by atoms with E-state index in [1.165, 1.54) is 31.2 Å². The molecule has 0 aromatic heterocycles. The van der Waals surface area contributed by atoms with Crippen LogP contribution in [0.25, 0.3) is 0 Å². The Hall–Kier alpha value is -2.09. The number of anilines is 1. The molecule has 0 spiro atoms. The summed E-state index contributed by atoms with van der Waals surface area (Å²) in [7, 11) is 0. The van der Waals surface area contributed by atoms with Gasteiger partial charge in [-0.3, -0.25) is 4.79 Å². The number of carbonyl (C=O) groups excluding carboxylic acids is 2. The minimum Gasteiger partial charge on any atom is -0.395 e. The van der Waals surface area contributed by atoms with Crippen LogP contribution in [0.5, 0.6) is 0 Å². The number of halogens is 3. The fourth-order valence-electron chi connectivity index (χ4n) is 1.58. The van der Waals surface area contributed by atoms with Gasteiger partial charge in [0.15, 0.2) is 5.78 Å². The standard InChI is InChI=1S/C13H15F3N2O3/c1-9(20)10-2-4-11(5-3-10)17-12(21)18(6-7-19)8-13(14,15)16/h2-5,19H,6-8H2,1H3,(H,17,21). The summed E-state index contributed by atoms with van der Waals surface area (Å²) in [6, 6.07) is 4.77. The summed E-state index contributed by atoms with van der Waals surface area (Å²) in [6.07, 6.45) is -4.55. The molecule has 1 aromatic carbocycles. The zero-order valence-corrected chi connectivity index (χ0v) is 11.3. The van der Waals surface area contributed by atoms with Crippen molar-refractivity contribution >= 4 is 17.5 Å². The summed E-state index contributed by atoms with van der Waals surface area (Å²) in [5.74, 6) is -0.160. The van der Waals surface area contributed by atoms with Gasteiger partial charge in [-0.25, -0.2) is 4.79 Å². The molecule has 0 aliphatic carbocycles. The van der Waals surface area contributed by atoms with Gasteiger partial charge in [-0.05, 0) is 31.2 Å².